The van der Waals surface area contributed by atoms with Crippen molar-refractivity contribution in [2.45, 2.75) is 38.1 Å². The molecule has 1 N–H and O–H groups in total. The predicted molar refractivity (Wildman–Crippen MR) is 64.8 cm³/mol. The van der Waals surface area contributed by atoms with Crippen molar-refractivity contribution in [2.24, 2.45) is 5.92 Å². The number of rotatable bonds is 6. The Balaban J connectivity index is 1.78. The summed E-state index contributed by atoms with van der Waals surface area (Å²) in [6, 6.07) is 0.508. The van der Waals surface area contributed by atoms with Gasteiger partial charge in [0.2, 0.25) is 0 Å². The molecule has 2 aliphatic rings. The van der Waals surface area contributed by atoms with Crippen LogP contribution in [0.25, 0.3) is 0 Å². The smallest absolute Gasteiger partial charge is 0.152 e. The van der Waals surface area contributed by atoms with Crippen molar-refractivity contribution < 1.29 is 14.6 Å². The molecule has 0 spiro atoms. The van der Waals surface area contributed by atoms with Crippen LogP contribution in [0.1, 0.15) is 32.1 Å². The molecule has 4 nitrogen and oxygen atoms in total. The molecule has 0 aromatic heterocycles. The molecule has 2 unspecified atom stereocenters. The minimum Gasteiger partial charge on any atom is -0.396 e. The van der Waals surface area contributed by atoms with Gasteiger partial charge in [0.05, 0.1) is 13.2 Å². The lowest BCUT2D eigenvalue weighted by molar-refractivity contribution is -0.124. The summed E-state index contributed by atoms with van der Waals surface area (Å²) in [5.74, 6) is 0.479. The van der Waals surface area contributed by atoms with Gasteiger partial charge in [-0.05, 0) is 38.6 Å². The molecular formula is C13H23NO3. The average molecular weight is 241 g/mol. The first-order chi connectivity index (χ1) is 8.31. The number of likely N-dealkylation sites (tertiary alicyclic amines) is 1. The first-order valence-electron chi connectivity index (χ1n) is 6.76. The van der Waals surface area contributed by atoms with Crippen LogP contribution in [0.4, 0.5) is 0 Å². The van der Waals surface area contributed by atoms with Crippen LogP contribution in [0.2, 0.25) is 0 Å². The Bertz CT molecular complexity index is 251. The van der Waals surface area contributed by atoms with Crippen LogP contribution in [0, 0.1) is 5.92 Å². The number of aliphatic hydroxyl groups excluding tert-OH is 1. The van der Waals surface area contributed by atoms with E-state index in [2.05, 4.69) is 4.90 Å². The summed E-state index contributed by atoms with van der Waals surface area (Å²) < 4.78 is 5.26. The molecule has 0 aliphatic carbocycles. The zero-order valence-corrected chi connectivity index (χ0v) is 10.4. The molecule has 0 bridgehead atoms. The predicted octanol–water partition coefficient (Wildman–Crippen LogP) is 0.829. The molecule has 0 aromatic carbocycles. The van der Waals surface area contributed by atoms with Gasteiger partial charge in [-0.2, -0.15) is 0 Å². The minimum absolute atomic E-state index is 0.133. The summed E-state index contributed by atoms with van der Waals surface area (Å²) in [5.41, 5.74) is 0. The third kappa shape index (κ3) is 3.50. The van der Waals surface area contributed by atoms with Crippen LogP contribution in [0.15, 0.2) is 0 Å². The van der Waals surface area contributed by atoms with Crippen LogP contribution in [0.3, 0.4) is 0 Å². The van der Waals surface area contributed by atoms with Crippen LogP contribution in [-0.2, 0) is 9.53 Å². The van der Waals surface area contributed by atoms with E-state index in [0.29, 0.717) is 25.0 Å². The maximum absolute atomic E-state index is 12.0. The average Bonchev–Trinajstić information content (AvgIpc) is 2.97. The summed E-state index contributed by atoms with van der Waals surface area (Å²) in [7, 11) is 0. The number of hydrogen-bond acceptors (Lipinski definition) is 4. The molecule has 2 saturated heterocycles. The summed E-state index contributed by atoms with van der Waals surface area (Å²) in [5, 5.41) is 8.87. The Hall–Kier alpha value is -0.450. The van der Waals surface area contributed by atoms with Crippen LogP contribution in [-0.4, -0.2) is 54.7 Å². The fourth-order valence-electron chi connectivity index (χ4n) is 2.87. The Labute approximate surface area is 103 Å². The molecule has 2 aliphatic heterocycles. The van der Waals surface area contributed by atoms with Gasteiger partial charge in [0, 0.05) is 25.2 Å². The monoisotopic (exact) mass is 241 g/mol. The minimum atomic E-state index is 0.133. The number of carbonyl (C=O) groups is 1. The third-order valence-electron chi connectivity index (χ3n) is 3.94. The SMILES string of the molecule is O=C(CN1CCCC1CCCO)C1CCOC1. The summed E-state index contributed by atoms with van der Waals surface area (Å²) in [6.45, 7) is 3.24. The normalized spacial score (nSPS) is 29.9. The molecule has 98 valence electrons. The van der Waals surface area contributed by atoms with Crippen molar-refractivity contribution >= 4 is 5.78 Å². The van der Waals surface area contributed by atoms with Gasteiger partial charge in [0.1, 0.15) is 0 Å². The van der Waals surface area contributed by atoms with Gasteiger partial charge >= 0.3 is 0 Å². The highest BCUT2D eigenvalue weighted by Crippen LogP contribution is 2.22. The van der Waals surface area contributed by atoms with Gasteiger partial charge < -0.3 is 9.84 Å². The first-order valence-corrected chi connectivity index (χ1v) is 6.76. The number of nitrogens with zero attached hydrogens (tertiary/aromatic N) is 1. The van der Waals surface area contributed by atoms with E-state index in [0.717, 1.165) is 32.4 Å². The van der Waals surface area contributed by atoms with E-state index in [1.807, 2.05) is 0 Å². The van der Waals surface area contributed by atoms with Crippen molar-refractivity contribution in [1.82, 2.24) is 4.90 Å². The molecule has 2 atom stereocenters. The zero-order valence-electron chi connectivity index (χ0n) is 10.4. The lowest BCUT2D eigenvalue weighted by Crippen LogP contribution is -2.37. The summed E-state index contributed by atoms with van der Waals surface area (Å²) in [6.07, 6.45) is 5.12. The molecular weight excluding hydrogens is 218 g/mol. The van der Waals surface area contributed by atoms with Gasteiger partial charge in [-0.25, -0.2) is 0 Å². The quantitative estimate of drug-likeness (QED) is 0.748. The maximum Gasteiger partial charge on any atom is 0.152 e. The van der Waals surface area contributed by atoms with Crippen LogP contribution >= 0.6 is 0 Å². The Kier molecular flexibility index (Phi) is 4.95. The van der Waals surface area contributed by atoms with Crippen molar-refractivity contribution in [3.05, 3.63) is 0 Å². The van der Waals surface area contributed by atoms with Crippen LogP contribution in [0.5, 0.6) is 0 Å². The number of Topliss-reactive ketones (excluding diaryl/α,β-unsaturated/α-hetero) is 1. The van der Waals surface area contributed by atoms with Gasteiger partial charge in [0.25, 0.3) is 0 Å². The highest BCUT2D eigenvalue weighted by molar-refractivity contribution is 5.83. The molecule has 2 fully saturated rings. The molecule has 17 heavy (non-hydrogen) atoms. The second-order valence-corrected chi connectivity index (χ2v) is 5.16. The topological polar surface area (TPSA) is 49.8 Å². The largest absolute Gasteiger partial charge is 0.396 e. The van der Waals surface area contributed by atoms with Crippen molar-refractivity contribution in [1.29, 1.82) is 0 Å². The molecule has 0 amide bonds. The van der Waals surface area contributed by atoms with Crippen LogP contribution < -0.4 is 0 Å². The van der Waals surface area contributed by atoms with Gasteiger partial charge in [-0.1, -0.05) is 0 Å². The Morgan fingerprint density at radius 3 is 3.00 bits per heavy atom. The van der Waals surface area contributed by atoms with Crippen molar-refractivity contribution in [3.8, 4) is 0 Å². The van der Waals surface area contributed by atoms with Gasteiger partial charge in [-0.15, -0.1) is 0 Å². The number of ketones is 1. The lowest BCUT2D eigenvalue weighted by atomic mass is 10.0. The van der Waals surface area contributed by atoms with Gasteiger partial charge in [0.15, 0.2) is 5.78 Å². The van der Waals surface area contributed by atoms with E-state index in [1.54, 1.807) is 0 Å². The molecule has 2 heterocycles. The van der Waals surface area contributed by atoms with Gasteiger partial charge in [-0.3, -0.25) is 9.69 Å². The number of ether oxygens (including phenoxy) is 1. The molecule has 0 radical (unpaired) electrons. The fourth-order valence-corrected chi connectivity index (χ4v) is 2.87. The first kappa shape index (κ1) is 13.0. The molecule has 0 saturated carbocycles. The molecule has 0 aromatic rings. The fraction of sp³-hybridized carbons (Fsp3) is 0.923. The van der Waals surface area contributed by atoms with E-state index in [4.69, 9.17) is 9.84 Å². The number of aliphatic hydroxyl groups is 1. The summed E-state index contributed by atoms with van der Waals surface area (Å²) in [4.78, 5) is 14.4. The lowest BCUT2D eigenvalue weighted by Gasteiger charge is -2.24. The Morgan fingerprint density at radius 2 is 2.29 bits per heavy atom. The van der Waals surface area contributed by atoms with E-state index < -0.39 is 0 Å². The van der Waals surface area contributed by atoms with E-state index in [-0.39, 0.29) is 12.5 Å². The van der Waals surface area contributed by atoms with Crippen molar-refractivity contribution in [2.75, 3.05) is 32.9 Å². The van der Waals surface area contributed by atoms with E-state index in [9.17, 15) is 4.79 Å². The van der Waals surface area contributed by atoms with Crippen molar-refractivity contribution in [3.63, 3.8) is 0 Å². The highest BCUT2D eigenvalue weighted by Gasteiger charge is 2.29. The zero-order chi connectivity index (χ0) is 12.1. The highest BCUT2D eigenvalue weighted by atomic mass is 16.5. The second kappa shape index (κ2) is 6.47. The van der Waals surface area contributed by atoms with E-state index in [1.165, 1.54) is 12.8 Å². The van der Waals surface area contributed by atoms with E-state index >= 15 is 0 Å². The number of carbonyl (C=O) groups excluding carboxylic acids is 1. The standard InChI is InChI=1S/C13H23NO3/c15-7-2-4-12-3-1-6-14(12)9-13(16)11-5-8-17-10-11/h11-12,15H,1-10H2. The summed E-state index contributed by atoms with van der Waals surface area (Å²) >= 11 is 0. The molecule has 2 rings (SSSR count). The molecule has 4 heteroatoms. The maximum atomic E-state index is 12.0. The Morgan fingerprint density at radius 1 is 1.41 bits per heavy atom. The third-order valence-corrected chi connectivity index (χ3v) is 3.94. The second-order valence-electron chi connectivity index (χ2n) is 5.16. The number of hydrogen-bond donors (Lipinski definition) is 1.